The van der Waals surface area contributed by atoms with Gasteiger partial charge < -0.3 is 20.1 Å². The van der Waals surface area contributed by atoms with Crippen molar-refractivity contribution < 1.29 is 37.6 Å². The van der Waals surface area contributed by atoms with Gasteiger partial charge in [-0.15, -0.1) is 0 Å². The van der Waals surface area contributed by atoms with Crippen LogP contribution in [-0.2, 0) is 32.7 Å². The molecule has 2 atom stereocenters. The molecule has 0 rings (SSSR count). The number of ether oxygens (including phenoxy) is 2. The van der Waals surface area contributed by atoms with Crippen molar-refractivity contribution in [3.05, 3.63) is 60.8 Å². The number of allylic oxidation sites excluding steroid dienone is 10. The Labute approximate surface area is 323 Å². The van der Waals surface area contributed by atoms with E-state index in [1.54, 1.807) is 0 Å². The molecular weight excluding hydrogens is 689 g/mol. The number of hydrogen-bond acceptors (Lipinski definition) is 8. The molecule has 0 heterocycles. The van der Waals surface area contributed by atoms with Gasteiger partial charge in [-0.1, -0.05) is 158 Å². The number of phosphoric ester groups is 1. The largest absolute Gasteiger partial charge is 0.472 e. The zero-order chi connectivity index (χ0) is 38.9. The molecule has 0 aliphatic carbocycles. The van der Waals surface area contributed by atoms with Crippen LogP contribution in [0.4, 0.5) is 0 Å². The molecule has 0 spiro atoms. The van der Waals surface area contributed by atoms with E-state index in [-0.39, 0.29) is 32.6 Å². The first-order chi connectivity index (χ1) is 25.8. The molecule has 0 aliphatic heterocycles. The Balaban J connectivity index is 4.13. The van der Waals surface area contributed by atoms with Crippen LogP contribution in [0.1, 0.15) is 168 Å². The summed E-state index contributed by atoms with van der Waals surface area (Å²) >= 11 is 0. The third-order valence-corrected chi connectivity index (χ3v) is 9.40. The molecule has 0 fully saturated rings. The molecule has 306 valence electrons. The average Bonchev–Trinajstić information content (AvgIpc) is 3.14. The molecule has 0 bridgehead atoms. The molecule has 0 aliphatic rings. The highest BCUT2D eigenvalue weighted by atomic mass is 31.2. The van der Waals surface area contributed by atoms with Crippen LogP contribution in [0, 0.1) is 0 Å². The summed E-state index contributed by atoms with van der Waals surface area (Å²) in [6, 6.07) is 0. The molecule has 0 aromatic heterocycles. The maximum Gasteiger partial charge on any atom is 0.472 e. The predicted molar refractivity (Wildman–Crippen MR) is 219 cm³/mol. The molecule has 53 heavy (non-hydrogen) atoms. The number of unbranched alkanes of at least 4 members (excludes halogenated alkanes) is 15. The highest BCUT2D eigenvalue weighted by Crippen LogP contribution is 2.43. The van der Waals surface area contributed by atoms with Crippen LogP contribution in [-0.4, -0.2) is 49.3 Å². The summed E-state index contributed by atoms with van der Waals surface area (Å²) in [5.41, 5.74) is 5.33. The molecule has 9 nitrogen and oxygen atoms in total. The fourth-order valence-electron chi connectivity index (χ4n) is 5.37. The van der Waals surface area contributed by atoms with E-state index in [9.17, 15) is 19.0 Å². The number of esters is 2. The van der Waals surface area contributed by atoms with Gasteiger partial charge in [0, 0.05) is 19.4 Å². The third kappa shape index (κ3) is 39.2. The van der Waals surface area contributed by atoms with Crippen molar-refractivity contribution in [2.75, 3.05) is 26.4 Å². The summed E-state index contributed by atoms with van der Waals surface area (Å²) in [6.07, 6.45) is 45.4. The van der Waals surface area contributed by atoms with E-state index in [2.05, 4.69) is 74.6 Å². The summed E-state index contributed by atoms with van der Waals surface area (Å²) in [7, 11) is -4.38. The Morgan fingerprint density at radius 1 is 0.585 bits per heavy atom. The van der Waals surface area contributed by atoms with Gasteiger partial charge in [-0.05, 0) is 57.8 Å². The van der Waals surface area contributed by atoms with E-state index < -0.39 is 32.5 Å². The minimum Gasteiger partial charge on any atom is -0.462 e. The SMILES string of the molecule is CC/C=C\C/C=C\C/C=C\C/C=C\C/C=C\CCCCCCCCCC(=O)OC(COC(=O)CCCCCCCCCCC)COP(=O)(O)OCCN. The molecule has 3 N–H and O–H groups in total. The van der Waals surface area contributed by atoms with Gasteiger partial charge in [-0.2, -0.15) is 0 Å². The van der Waals surface area contributed by atoms with Crippen LogP contribution >= 0.6 is 7.82 Å². The molecule has 2 unspecified atom stereocenters. The number of carbonyl (C=O) groups excluding carboxylic acids is 2. The second-order valence-corrected chi connectivity index (χ2v) is 14.9. The summed E-state index contributed by atoms with van der Waals surface area (Å²) in [5, 5.41) is 0. The van der Waals surface area contributed by atoms with Gasteiger partial charge in [0.2, 0.25) is 0 Å². The fraction of sp³-hybridized carbons (Fsp3) is 0.721. The van der Waals surface area contributed by atoms with Gasteiger partial charge >= 0.3 is 19.8 Å². The summed E-state index contributed by atoms with van der Waals surface area (Å²) in [6.45, 7) is 3.57. The maximum atomic E-state index is 12.6. The molecule has 0 saturated carbocycles. The van der Waals surface area contributed by atoms with Crippen LogP contribution in [0.5, 0.6) is 0 Å². The third-order valence-electron chi connectivity index (χ3n) is 8.42. The summed E-state index contributed by atoms with van der Waals surface area (Å²) < 4.78 is 32.7. The van der Waals surface area contributed by atoms with Gasteiger partial charge in [0.15, 0.2) is 6.10 Å². The minimum absolute atomic E-state index is 0.0495. The Hall–Kier alpha value is -2.29. The molecule has 0 saturated heterocycles. The predicted octanol–water partition coefficient (Wildman–Crippen LogP) is 11.7. The number of rotatable bonds is 38. The lowest BCUT2D eigenvalue weighted by atomic mass is 10.1. The van der Waals surface area contributed by atoms with Crippen molar-refractivity contribution in [2.45, 2.75) is 174 Å². The van der Waals surface area contributed by atoms with Crippen molar-refractivity contribution in [3.8, 4) is 0 Å². The van der Waals surface area contributed by atoms with Gasteiger partial charge in [-0.25, -0.2) is 4.57 Å². The van der Waals surface area contributed by atoms with Crippen LogP contribution in [0.15, 0.2) is 60.8 Å². The second kappa shape index (κ2) is 39.4. The van der Waals surface area contributed by atoms with Gasteiger partial charge in [0.25, 0.3) is 0 Å². The van der Waals surface area contributed by atoms with Crippen molar-refractivity contribution in [2.24, 2.45) is 5.73 Å². The quantitative estimate of drug-likeness (QED) is 0.0272. The maximum absolute atomic E-state index is 12.6. The van der Waals surface area contributed by atoms with E-state index in [0.29, 0.717) is 6.42 Å². The summed E-state index contributed by atoms with van der Waals surface area (Å²) in [5.74, 6) is -0.847. The highest BCUT2D eigenvalue weighted by molar-refractivity contribution is 7.47. The average molecular weight is 766 g/mol. The topological polar surface area (TPSA) is 134 Å². The van der Waals surface area contributed by atoms with Gasteiger partial charge in [0.1, 0.15) is 6.61 Å². The normalized spacial score (nSPS) is 14.0. The Kier molecular flexibility index (Phi) is 37.7. The summed E-state index contributed by atoms with van der Waals surface area (Å²) in [4.78, 5) is 34.7. The Morgan fingerprint density at radius 3 is 1.55 bits per heavy atom. The standard InChI is InChI=1S/C43H76NO8P/c1-3-5-7-9-11-13-14-15-16-17-18-19-20-21-22-23-24-25-26-28-30-32-34-36-43(46)52-41(40-51-53(47,48)50-38-37-44)39-49-42(45)35-33-31-29-27-12-10-8-6-4-2/h5,7,11,13,15-16,18-19,21-22,41H,3-4,6,8-10,12,14,17,20,23-40,44H2,1-2H3,(H,47,48)/b7-5-,13-11-,16-15-,19-18-,22-21-. The van der Waals surface area contributed by atoms with Crippen molar-refractivity contribution in [1.29, 1.82) is 0 Å². The van der Waals surface area contributed by atoms with Gasteiger partial charge in [0.05, 0.1) is 13.2 Å². The smallest absolute Gasteiger partial charge is 0.462 e. The number of phosphoric acid groups is 1. The lowest BCUT2D eigenvalue weighted by molar-refractivity contribution is -0.161. The monoisotopic (exact) mass is 766 g/mol. The lowest BCUT2D eigenvalue weighted by Crippen LogP contribution is -2.29. The zero-order valence-electron chi connectivity index (χ0n) is 33.5. The Bertz CT molecular complexity index is 1050. The molecule has 0 radical (unpaired) electrons. The number of hydrogen-bond donors (Lipinski definition) is 2. The van der Waals surface area contributed by atoms with Crippen LogP contribution in [0.25, 0.3) is 0 Å². The molecule has 10 heteroatoms. The highest BCUT2D eigenvalue weighted by Gasteiger charge is 2.26. The van der Waals surface area contributed by atoms with Crippen LogP contribution < -0.4 is 5.73 Å². The van der Waals surface area contributed by atoms with Gasteiger partial charge in [-0.3, -0.25) is 18.6 Å². The van der Waals surface area contributed by atoms with E-state index in [0.717, 1.165) is 77.0 Å². The first-order valence-corrected chi connectivity index (χ1v) is 22.3. The van der Waals surface area contributed by atoms with Crippen molar-refractivity contribution in [3.63, 3.8) is 0 Å². The first-order valence-electron chi connectivity index (χ1n) is 20.8. The fourth-order valence-corrected chi connectivity index (χ4v) is 6.13. The van der Waals surface area contributed by atoms with E-state index in [1.807, 2.05) is 0 Å². The van der Waals surface area contributed by atoms with Crippen molar-refractivity contribution in [1.82, 2.24) is 0 Å². The van der Waals surface area contributed by atoms with E-state index in [4.69, 9.17) is 24.3 Å². The Morgan fingerprint density at radius 2 is 1.04 bits per heavy atom. The second-order valence-electron chi connectivity index (χ2n) is 13.5. The molecule has 0 aromatic carbocycles. The van der Waals surface area contributed by atoms with Crippen LogP contribution in [0.3, 0.4) is 0 Å². The molecule has 0 amide bonds. The van der Waals surface area contributed by atoms with Crippen molar-refractivity contribution >= 4 is 19.8 Å². The van der Waals surface area contributed by atoms with E-state index in [1.165, 1.54) is 57.8 Å². The van der Waals surface area contributed by atoms with Crippen LogP contribution in [0.2, 0.25) is 0 Å². The first kappa shape index (κ1) is 50.7. The lowest BCUT2D eigenvalue weighted by Gasteiger charge is -2.19. The number of nitrogens with two attached hydrogens (primary N) is 1. The number of carbonyl (C=O) groups is 2. The molecule has 0 aromatic rings. The zero-order valence-corrected chi connectivity index (χ0v) is 34.4. The molecular formula is C43H76NO8P. The minimum atomic E-state index is -4.38. The van der Waals surface area contributed by atoms with E-state index >= 15 is 0 Å².